The van der Waals surface area contributed by atoms with Crippen LogP contribution in [0.15, 0.2) is 162 Å². The average Bonchev–Trinajstić information content (AvgIpc) is 3.55. The summed E-state index contributed by atoms with van der Waals surface area (Å²) in [5, 5.41) is 2.64. The summed E-state index contributed by atoms with van der Waals surface area (Å²) in [5.74, 6) is 0.742. The lowest BCUT2D eigenvalue weighted by Gasteiger charge is -2.13. The molecule has 226 valence electrons. The zero-order chi connectivity index (χ0) is 31.6. The van der Waals surface area contributed by atoms with Crippen molar-refractivity contribution in [2.45, 2.75) is 26.2 Å². The van der Waals surface area contributed by atoms with Gasteiger partial charge in [0.05, 0.1) is 11.4 Å². The predicted octanol–water partition coefficient (Wildman–Crippen LogP) is 12.2. The summed E-state index contributed by atoms with van der Waals surface area (Å²) in [6, 6.07) is 52.1. The first-order valence-electron chi connectivity index (χ1n) is 16.3. The summed E-state index contributed by atoms with van der Waals surface area (Å²) in [4.78, 5) is 10.6. The summed E-state index contributed by atoms with van der Waals surface area (Å²) >= 11 is 1.86. The zero-order valence-corrected chi connectivity index (χ0v) is 27.2. The summed E-state index contributed by atoms with van der Waals surface area (Å²) in [6.45, 7) is 2.20. The van der Waals surface area contributed by atoms with E-state index in [0.29, 0.717) is 0 Å². The fourth-order valence-electron chi connectivity index (χ4n) is 6.48. The van der Waals surface area contributed by atoms with Crippen molar-refractivity contribution in [2.75, 3.05) is 0 Å². The number of hydrogen-bond acceptors (Lipinski definition) is 3. The fourth-order valence-corrected chi connectivity index (χ4v) is 7.57. The van der Waals surface area contributed by atoms with Crippen LogP contribution < -0.4 is 0 Å². The molecular formula is C44H34N2S. The van der Waals surface area contributed by atoms with Gasteiger partial charge in [-0.15, -0.1) is 11.3 Å². The van der Waals surface area contributed by atoms with Crippen molar-refractivity contribution in [3.05, 3.63) is 174 Å². The molecule has 2 nitrogen and oxygen atoms in total. The minimum atomic E-state index is 0.742. The molecule has 1 aliphatic heterocycles. The number of allylic oxidation sites excluding steroid dienone is 1. The highest BCUT2D eigenvalue weighted by molar-refractivity contribution is 7.25. The molecule has 0 spiro atoms. The number of amidine groups is 1. The Hall–Kier alpha value is -5.38. The monoisotopic (exact) mass is 622 g/mol. The predicted molar refractivity (Wildman–Crippen MR) is 203 cm³/mol. The van der Waals surface area contributed by atoms with Crippen molar-refractivity contribution in [3.63, 3.8) is 0 Å². The molecule has 2 heterocycles. The molecule has 0 radical (unpaired) electrons. The Morgan fingerprint density at radius 1 is 0.511 bits per heavy atom. The molecular weight excluding hydrogens is 589 g/mol. The highest BCUT2D eigenvalue weighted by atomic mass is 32.1. The van der Waals surface area contributed by atoms with E-state index in [0.717, 1.165) is 58.8 Å². The van der Waals surface area contributed by atoms with Gasteiger partial charge in [-0.2, -0.15) is 0 Å². The van der Waals surface area contributed by atoms with E-state index in [2.05, 4.69) is 159 Å². The van der Waals surface area contributed by atoms with Gasteiger partial charge in [0.2, 0.25) is 0 Å². The van der Waals surface area contributed by atoms with Crippen molar-refractivity contribution in [2.24, 2.45) is 9.98 Å². The van der Waals surface area contributed by atoms with Gasteiger partial charge in [-0.1, -0.05) is 121 Å². The Bertz CT molecular complexity index is 2320. The molecule has 0 N–H and O–H groups in total. The first-order chi connectivity index (χ1) is 23.2. The largest absolute Gasteiger partial charge is 0.233 e. The molecule has 3 heteroatoms. The average molecular weight is 623 g/mol. The molecule has 6 aromatic carbocycles. The van der Waals surface area contributed by atoms with Gasteiger partial charge in [0.25, 0.3) is 0 Å². The van der Waals surface area contributed by atoms with Crippen LogP contribution in [0.25, 0.3) is 48.1 Å². The van der Waals surface area contributed by atoms with E-state index in [1.54, 1.807) is 0 Å². The second-order valence-corrected chi connectivity index (χ2v) is 13.2. The van der Waals surface area contributed by atoms with Crippen molar-refractivity contribution in [1.82, 2.24) is 0 Å². The van der Waals surface area contributed by atoms with E-state index in [-0.39, 0.29) is 0 Å². The molecule has 0 saturated heterocycles. The summed E-state index contributed by atoms with van der Waals surface area (Å²) < 4.78 is 2.65. The van der Waals surface area contributed by atoms with Crippen molar-refractivity contribution < 1.29 is 0 Å². The Morgan fingerprint density at radius 2 is 1.19 bits per heavy atom. The van der Waals surface area contributed by atoms with Gasteiger partial charge in [0, 0.05) is 25.7 Å². The van der Waals surface area contributed by atoms with Gasteiger partial charge >= 0.3 is 0 Å². The number of benzene rings is 6. The summed E-state index contributed by atoms with van der Waals surface area (Å²) in [7, 11) is 0. The minimum absolute atomic E-state index is 0.742. The third-order valence-electron chi connectivity index (χ3n) is 8.98. The molecule has 47 heavy (non-hydrogen) atoms. The first kappa shape index (κ1) is 29.1. The maximum absolute atomic E-state index is 5.31. The van der Waals surface area contributed by atoms with Crippen LogP contribution in [0.3, 0.4) is 0 Å². The number of thiophene rings is 1. The van der Waals surface area contributed by atoms with Gasteiger partial charge in [-0.05, 0) is 95.5 Å². The second-order valence-electron chi connectivity index (χ2n) is 12.1. The highest BCUT2D eigenvalue weighted by Crippen LogP contribution is 2.37. The Balaban J connectivity index is 1.23. The van der Waals surface area contributed by atoms with Crippen molar-refractivity contribution in [3.8, 4) is 22.3 Å². The number of fused-ring (bicyclic) bond motifs is 3. The number of aryl methyl sites for hydroxylation is 1. The quantitative estimate of drug-likeness (QED) is 0.182. The van der Waals surface area contributed by atoms with E-state index in [9.17, 15) is 0 Å². The van der Waals surface area contributed by atoms with E-state index < -0.39 is 0 Å². The van der Waals surface area contributed by atoms with Gasteiger partial charge in [0.15, 0.2) is 5.84 Å². The highest BCUT2D eigenvalue weighted by Gasteiger charge is 2.15. The van der Waals surface area contributed by atoms with Crippen LogP contribution in [0.5, 0.6) is 0 Å². The van der Waals surface area contributed by atoms with Crippen LogP contribution in [0.1, 0.15) is 41.5 Å². The molecule has 1 aromatic heterocycles. The fraction of sp³-hybridized carbons (Fsp3) is 0.0909. The van der Waals surface area contributed by atoms with Gasteiger partial charge < -0.3 is 0 Å². The minimum Gasteiger partial charge on any atom is -0.233 e. The van der Waals surface area contributed by atoms with E-state index >= 15 is 0 Å². The van der Waals surface area contributed by atoms with E-state index in [4.69, 9.17) is 9.98 Å². The Morgan fingerprint density at radius 3 is 2.04 bits per heavy atom. The van der Waals surface area contributed by atoms with Crippen LogP contribution in [0.2, 0.25) is 0 Å². The molecule has 0 aliphatic carbocycles. The topological polar surface area (TPSA) is 24.7 Å². The van der Waals surface area contributed by atoms with Gasteiger partial charge in [0.1, 0.15) is 0 Å². The second kappa shape index (κ2) is 12.8. The van der Waals surface area contributed by atoms with E-state index in [1.807, 2.05) is 11.3 Å². The third kappa shape index (κ3) is 5.98. The van der Waals surface area contributed by atoms with Crippen LogP contribution in [-0.4, -0.2) is 11.5 Å². The molecule has 0 saturated carbocycles. The third-order valence-corrected chi connectivity index (χ3v) is 10.1. The van der Waals surface area contributed by atoms with Gasteiger partial charge in [-0.3, -0.25) is 0 Å². The summed E-state index contributed by atoms with van der Waals surface area (Å²) in [5.41, 5.74) is 11.4. The van der Waals surface area contributed by atoms with Crippen LogP contribution in [0.4, 0.5) is 0 Å². The molecule has 0 bridgehead atoms. The Kier molecular flexibility index (Phi) is 7.90. The van der Waals surface area contributed by atoms with Crippen LogP contribution in [0, 0.1) is 6.92 Å². The number of rotatable bonds is 5. The molecule has 0 atom stereocenters. The molecule has 0 amide bonds. The SMILES string of the molecule is Cc1ccc(-c2ccc3sc4ccccc4c3c2)cc1-c1cccc(C2=N/C(c3ccccc3)=C/CCCC(c3ccccc3)=N2)c1. The maximum Gasteiger partial charge on any atom is 0.160 e. The lowest BCUT2D eigenvalue weighted by Crippen LogP contribution is -2.07. The smallest absolute Gasteiger partial charge is 0.160 e. The Labute approximate surface area is 280 Å². The normalized spacial score (nSPS) is 14.9. The zero-order valence-electron chi connectivity index (χ0n) is 26.4. The van der Waals surface area contributed by atoms with Crippen LogP contribution in [-0.2, 0) is 0 Å². The molecule has 0 fully saturated rings. The molecule has 0 unspecified atom stereocenters. The number of hydrogen-bond donors (Lipinski definition) is 0. The number of nitrogens with zero attached hydrogens (tertiary/aromatic N) is 2. The van der Waals surface area contributed by atoms with E-state index in [1.165, 1.54) is 42.4 Å². The standard InChI is InChI=1S/C44H34N2S/c1-30-23-24-33(34-25-26-43-39(29-34)37-19-8-11-22-42(37)47-43)28-38(30)35-17-12-18-36(27-35)44-45-40(31-13-4-2-5-14-31)20-9-10-21-41(46-44)32-15-6-3-7-16-32/h2-8,11-20,22-29H,9-10,21H2,1H3/b40-20+,45-44?,46-41?. The van der Waals surface area contributed by atoms with Crippen LogP contribution >= 0.6 is 11.3 Å². The van der Waals surface area contributed by atoms with Crippen molar-refractivity contribution >= 4 is 48.8 Å². The maximum atomic E-state index is 5.31. The number of aliphatic imine (C=N–C) groups is 2. The van der Waals surface area contributed by atoms with Gasteiger partial charge in [-0.25, -0.2) is 9.98 Å². The first-order valence-corrected chi connectivity index (χ1v) is 17.1. The summed E-state index contributed by atoms with van der Waals surface area (Å²) in [6.07, 6.45) is 5.13. The molecule has 1 aliphatic rings. The molecule has 7 aromatic rings. The lowest BCUT2D eigenvalue weighted by atomic mass is 9.93. The van der Waals surface area contributed by atoms with Crippen molar-refractivity contribution in [1.29, 1.82) is 0 Å². The lowest BCUT2D eigenvalue weighted by molar-refractivity contribution is 0.896. The molecule has 8 rings (SSSR count).